The molecule has 0 saturated heterocycles. The van der Waals surface area contributed by atoms with Crippen molar-refractivity contribution >= 4 is 21.6 Å². The second-order valence-corrected chi connectivity index (χ2v) is 4.48. The van der Waals surface area contributed by atoms with Crippen molar-refractivity contribution in [3.8, 4) is 0 Å². The van der Waals surface area contributed by atoms with Crippen molar-refractivity contribution in [2.75, 3.05) is 5.73 Å². The van der Waals surface area contributed by atoms with Gasteiger partial charge < -0.3 is 10.3 Å². The van der Waals surface area contributed by atoms with Gasteiger partial charge in [0.1, 0.15) is 0 Å². The van der Waals surface area contributed by atoms with Crippen LogP contribution in [0.3, 0.4) is 0 Å². The molecule has 1 aromatic carbocycles. The lowest BCUT2D eigenvalue weighted by atomic mass is 10.2. The van der Waals surface area contributed by atoms with E-state index in [0.29, 0.717) is 6.54 Å². The predicted octanol–water partition coefficient (Wildman–Crippen LogP) is 2.24. The highest BCUT2D eigenvalue weighted by Crippen LogP contribution is 2.12. The van der Waals surface area contributed by atoms with Gasteiger partial charge in [0.05, 0.1) is 5.69 Å². The molecule has 1 aromatic heterocycles. The average molecular weight is 279 g/mol. The third-order valence-electron chi connectivity index (χ3n) is 2.26. The number of nitrogens with two attached hydrogens (primary N) is 1. The van der Waals surface area contributed by atoms with Crippen molar-refractivity contribution in [1.29, 1.82) is 0 Å². The van der Waals surface area contributed by atoms with Gasteiger partial charge in [0.15, 0.2) is 0 Å². The fourth-order valence-corrected chi connectivity index (χ4v) is 1.94. The van der Waals surface area contributed by atoms with E-state index < -0.39 is 0 Å². The Labute approximate surface area is 102 Å². The van der Waals surface area contributed by atoms with Gasteiger partial charge in [-0.3, -0.25) is 4.79 Å². The monoisotopic (exact) mass is 278 g/mol. The molecule has 0 aliphatic heterocycles. The summed E-state index contributed by atoms with van der Waals surface area (Å²) in [6.45, 7) is 0.698. The van der Waals surface area contributed by atoms with E-state index in [1.165, 1.54) is 6.07 Å². The van der Waals surface area contributed by atoms with Crippen molar-refractivity contribution < 1.29 is 0 Å². The molecule has 0 aliphatic rings. The Bertz CT molecular complexity index is 563. The molecular formula is C12H11BrN2O. The number of hydrogen-bond acceptors (Lipinski definition) is 2. The largest absolute Gasteiger partial charge is 0.394 e. The van der Waals surface area contributed by atoms with Gasteiger partial charge in [-0.05, 0) is 17.7 Å². The average Bonchev–Trinajstić information content (AvgIpc) is 2.24. The van der Waals surface area contributed by atoms with E-state index in [4.69, 9.17) is 5.73 Å². The van der Waals surface area contributed by atoms with Crippen LogP contribution in [0.1, 0.15) is 5.56 Å². The summed E-state index contributed by atoms with van der Waals surface area (Å²) in [5.41, 5.74) is 6.85. The quantitative estimate of drug-likeness (QED) is 0.916. The molecule has 0 spiro atoms. The molecule has 0 amide bonds. The molecule has 0 unspecified atom stereocenters. The number of aromatic nitrogens is 1. The molecule has 0 radical (unpaired) electrons. The van der Waals surface area contributed by atoms with E-state index in [1.54, 1.807) is 12.4 Å². The van der Waals surface area contributed by atoms with Crippen LogP contribution < -0.4 is 11.2 Å². The van der Waals surface area contributed by atoms with Crippen molar-refractivity contribution in [1.82, 2.24) is 4.57 Å². The van der Waals surface area contributed by atoms with E-state index in [0.717, 1.165) is 10.0 Å². The zero-order valence-electron chi connectivity index (χ0n) is 8.56. The lowest BCUT2D eigenvalue weighted by Gasteiger charge is -2.07. The highest BCUT2D eigenvalue weighted by molar-refractivity contribution is 9.10. The summed E-state index contributed by atoms with van der Waals surface area (Å²) in [6, 6.07) is 9.50. The Hall–Kier alpha value is -1.55. The highest BCUT2D eigenvalue weighted by Gasteiger charge is 1.97. The maximum Gasteiger partial charge on any atom is 0.204 e. The van der Waals surface area contributed by atoms with Gasteiger partial charge >= 0.3 is 0 Å². The molecule has 4 heteroatoms. The number of pyridine rings is 1. The second-order valence-electron chi connectivity index (χ2n) is 3.57. The first-order chi connectivity index (χ1) is 7.65. The number of halogens is 1. The molecule has 0 atom stereocenters. The molecule has 82 valence electrons. The third kappa shape index (κ3) is 2.52. The van der Waals surface area contributed by atoms with E-state index in [9.17, 15) is 4.79 Å². The first-order valence-corrected chi connectivity index (χ1v) is 5.64. The number of benzene rings is 1. The van der Waals surface area contributed by atoms with Crippen LogP contribution in [-0.2, 0) is 6.54 Å². The van der Waals surface area contributed by atoms with E-state index in [2.05, 4.69) is 15.9 Å². The maximum atomic E-state index is 11.1. The fraction of sp³-hybridized carbons (Fsp3) is 0.0833. The highest BCUT2D eigenvalue weighted by atomic mass is 79.9. The molecule has 16 heavy (non-hydrogen) atoms. The zero-order valence-corrected chi connectivity index (χ0v) is 10.1. The van der Waals surface area contributed by atoms with E-state index >= 15 is 0 Å². The number of anilines is 1. The van der Waals surface area contributed by atoms with Crippen molar-refractivity contribution in [3.05, 3.63) is 63.0 Å². The Morgan fingerprint density at radius 1 is 1.31 bits per heavy atom. The zero-order chi connectivity index (χ0) is 11.5. The molecule has 2 rings (SSSR count). The lowest BCUT2D eigenvalue weighted by molar-refractivity contribution is 0.790. The van der Waals surface area contributed by atoms with Gasteiger partial charge in [-0.25, -0.2) is 0 Å². The lowest BCUT2D eigenvalue weighted by Crippen LogP contribution is -2.11. The SMILES string of the molecule is Nc1cn(Cc2cccc(Br)c2)ccc1=O. The number of nitrogen functional groups attached to an aromatic ring is 1. The minimum atomic E-state index is -0.134. The van der Waals surface area contributed by atoms with Crippen molar-refractivity contribution in [2.45, 2.75) is 6.54 Å². The summed E-state index contributed by atoms with van der Waals surface area (Å²) < 4.78 is 2.93. The number of nitrogens with zero attached hydrogens (tertiary/aromatic N) is 1. The van der Waals surface area contributed by atoms with Crippen LogP contribution in [0.25, 0.3) is 0 Å². The van der Waals surface area contributed by atoms with E-state index in [-0.39, 0.29) is 11.1 Å². The molecule has 0 bridgehead atoms. The predicted molar refractivity (Wildman–Crippen MR) is 68.4 cm³/mol. The van der Waals surface area contributed by atoms with Crippen LogP contribution in [0, 0.1) is 0 Å². The first kappa shape index (κ1) is 11.0. The summed E-state index contributed by atoms with van der Waals surface area (Å²) >= 11 is 3.42. The third-order valence-corrected chi connectivity index (χ3v) is 2.75. The standard InChI is InChI=1S/C12H11BrN2O/c13-10-3-1-2-9(6-10)7-15-5-4-12(16)11(14)8-15/h1-6,8H,7,14H2. The van der Waals surface area contributed by atoms with Crippen molar-refractivity contribution in [3.63, 3.8) is 0 Å². The van der Waals surface area contributed by atoms with Crippen LogP contribution in [0.5, 0.6) is 0 Å². The molecule has 1 heterocycles. The second kappa shape index (κ2) is 4.53. The Kier molecular flexibility index (Phi) is 3.10. The maximum absolute atomic E-state index is 11.1. The molecular weight excluding hydrogens is 268 g/mol. The van der Waals surface area contributed by atoms with Crippen molar-refractivity contribution in [2.24, 2.45) is 0 Å². The molecule has 0 saturated carbocycles. The number of rotatable bonds is 2. The first-order valence-electron chi connectivity index (χ1n) is 4.85. The van der Waals surface area contributed by atoms with Gasteiger partial charge in [-0.1, -0.05) is 28.1 Å². The molecule has 0 aliphatic carbocycles. The van der Waals surface area contributed by atoms with Crippen LogP contribution in [0.15, 0.2) is 52.0 Å². The minimum Gasteiger partial charge on any atom is -0.394 e. The smallest absolute Gasteiger partial charge is 0.204 e. The molecule has 0 fully saturated rings. The van der Waals surface area contributed by atoms with Gasteiger partial charge in [-0.2, -0.15) is 0 Å². The van der Waals surface area contributed by atoms with Crippen LogP contribution >= 0.6 is 15.9 Å². The number of hydrogen-bond donors (Lipinski definition) is 1. The Morgan fingerprint density at radius 3 is 2.81 bits per heavy atom. The fourth-order valence-electron chi connectivity index (χ4n) is 1.49. The summed E-state index contributed by atoms with van der Waals surface area (Å²) in [5, 5.41) is 0. The Balaban J connectivity index is 2.27. The van der Waals surface area contributed by atoms with Crippen LogP contribution in [0.4, 0.5) is 5.69 Å². The summed E-state index contributed by atoms with van der Waals surface area (Å²) in [5.74, 6) is 0. The normalized spacial score (nSPS) is 10.3. The van der Waals surface area contributed by atoms with Gasteiger partial charge in [0, 0.05) is 29.5 Å². The molecule has 3 nitrogen and oxygen atoms in total. The summed E-state index contributed by atoms with van der Waals surface area (Å²) in [7, 11) is 0. The summed E-state index contributed by atoms with van der Waals surface area (Å²) in [6.07, 6.45) is 3.39. The Morgan fingerprint density at radius 2 is 2.12 bits per heavy atom. The van der Waals surface area contributed by atoms with E-state index in [1.807, 2.05) is 28.8 Å². The van der Waals surface area contributed by atoms with Crippen LogP contribution in [-0.4, -0.2) is 4.57 Å². The topological polar surface area (TPSA) is 48.0 Å². The van der Waals surface area contributed by atoms with Gasteiger partial charge in [0.25, 0.3) is 0 Å². The molecule has 2 N–H and O–H groups in total. The summed E-state index contributed by atoms with van der Waals surface area (Å²) in [4.78, 5) is 11.1. The minimum absolute atomic E-state index is 0.134. The van der Waals surface area contributed by atoms with Gasteiger partial charge in [0.2, 0.25) is 5.43 Å². The van der Waals surface area contributed by atoms with Gasteiger partial charge in [-0.15, -0.1) is 0 Å². The molecule has 2 aromatic rings. The van der Waals surface area contributed by atoms with Crippen LogP contribution in [0.2, 0.25) is 0 Å².